The normalized spacial score (nSPS) is 41.7. The summed E-state index contributed by atoms with van der Waals surface area (Å²) < 4.78 is 0. The Hall–Kier alpha value is -0.820. The lowest BCUT2D eigenvalue weighted by molar-refractivity contribution is -0.00311. The summed E-state index contributed by atoms with van der Waals surface area (Å²) in [6, 6.07) is 7.16. The molecule has 0 aromatic heterocycles. The molecule has 1 aromatic rings. The van der Waals surface area contributed by atoms with Crippen molar-refractivity contribution in [3.8, 4) is 0 Å². The van der Waals surface area contributed by atoms with Crippen LogP contribution >= 0.6 is 0 Å². The molecule has 0 spiro atoms. The predicted octanol–water partition coefficient (Wildman–Crippen LogP) is 3.87. The molecule has 1 N–H and O–H groups in total. The minimum absolute atomic E-state index is 0.913. The van der Waals surface area contributed by atoms with E-state index in [1.807, 2.05) is 0 Å². The molecule has 106 valence electrons. The van der Waals surface area contributed by atoms with Crippen LogP contribution in [0.5, 0.6) is 0 Å². The first-order chi connectivity index (χ1) is 9.88. The molecule has 0 unspecified atom stereocenters. The van der Waals surface area contributed by atoms with Gasteiger partial charge in [0.2, 0.25) is 0 Å². The molecule has 0 atom stereocenters. The van der Waals surface area contributed by atoms with Crippen molar-refractivity contribution in [3.05, 3.63) is 34.9 Å². The topological polar surface area (TPSA) is 12.0 Å². The van der Waals surface area contributed by atoms with E-state index in [4.69, 9.17) is 0 Å². The van der Waals surface area contributed by atoms with Gasteiger partial charge < -0.3 is 5.32 Å². The van der Waals surface area contributed by atoms with E-state index in [2.05, 4.69) is 23.5 Å². The number of nitrogens with one attached hydrogen (secondary N) is 1. The highest BCUT2D eigenvalue weighted by molar-refractivity contribution is 5.40. The molecule has 6 rings (SSSR count). The van der Waals surface area contributed by atoms with Gasteiger partial charge in [-0.25, -0.2) is 0 Å². The van der Waals surface area contributed by atoms with E-state index in [0.717, 1.165) is 36.1 Å². The Labute approximate surface area is 122 Å². The molecule has 5 aliphatic rings. The van der Waals surface area contributed by atoms with Crippen molar-refractivity contribution in [2.75, 3.05) is 6.54 Å². The Balaban J connectivity index is 1.57. The van der Waals surface area contributed by atoms with Gasteiger partial charge in [0.15, 0.2) is 0 Å². The Kier molecular flexibility index (Phi) is 2.56. The Morgan fingerprint density at radius 1 is 0.900 bits per heavy atom. The SMILES string of the molecule is c1cc2c(c(C3C4CC5CC(C4)CC3C5)c1)CCNC2. The molecule has 4 fully saturated rings. The van der Waals surface area contributed by atoms with Crippen molar-refractivity contribution in [1.29, 1.82) is 0 Å². The van der Waals surface area contributed by atoms with Crippen LogP contribution in [0.3, 0.4) is 0 Å². The van der Waals surface area contributed by atoms with Crippen molar-refractivity contribution >= 4 is 0 Å². The van der Waals surface area contributed by atoms with E-state index in [0.29, 0.717) is 0 Å². The minimum Gasteiger partial charge on any atom is -0.312 e. The fourth-order valence-electron chi connectivity index (χ4n) is 6.31. The van der Waals surface area contributed by atoms with Gasteiger partial charge in [-0.15, -0.1) is 0 Å². The molecule has 0 amide bonds. The predicted molar refractivity (Wildman–Crippen MR) is 81.6 cm³/mol. The number of rotatable bonds is 1. The van der Waals surface area contributed by atoms with Gasteiger partial charge in [-0.2, -0.15) is 0 Å². The van der Waals surface area contributed by atoms with Gasteiger partial charge in [0.1, 0.15) is 0 Å². The second-order valence-corrected chi connectivity index (χ2v) is 7.87. The Bertz CT molecular complexity index is 505. The van der Waals surface area contributed by atoms with Crippen molar-refractivity contribution < 1.29 is 0 Å². The van der Waals surface area contributed by atoms with Gasteiger partial charge in [0, 0.05) is 6.54 Å². The summed E-state index contributed by atoms with van der Waals surface area (Å²) >= 11 is 0. The van der Waals surface area contributed by atoms with Crippen LogP contribution in [0.25, 0.3) is 0 Å². The second kappa shape index (κ2) is 4.34. The molecular formula is C19H25N. The van der Waals surface area contributed by atoms with Crippen LogP contribution in [-0.4, -0.2) is 6.54 Å². The van der Waals surface area contributed by atoms with Gasteiger partial charge in [0.05, 0.1) is 0 Å². The van der Waals surface area contributed by atoms with Gasteiger partial charge >= 0.3 is 0 Å². The van der Waals surface area contributed by atoms with E-state index in [9.17, 15) is 0 Å². The van der Waals surface area contributed by atoms with E-state index in [-0.39, 0.29) is 0 Å². The summed E-state index contributed by atoms with van der Waals surface area (Å²) in [5, 5.41) is 3.54. The molecule has 1 nitrogen and oxygen atoms in total. The fraction of sp³-hybridized carbons (Fsp3) is 0.684. The van der Waals surface area contributed by atoms with Crippen molar-refractivity contribution in [2.24, 2.45) is 23.7 Å². The molecule has 1 heterocycles. The van der Waals surface area contributed by atoms with Crippen molar-refractivity contribution in [2.45, 2.75) is 51.0 Å². The zero-order valence-electron chi connectivity index (χ0n) is 12.3. The Morgan fingerprint density at radius 3 is 2.40 bits per heavy atom. The van der Waals surface area contributed by atoms with Crippen LogP contribution < -0.4 is 5.32 Å². The molecule has 1 heteroatoms. The molecule has 4 saturated carbocycles. The third-order valence-electron chi connectivity index (χ3n) is 6.76. The standard InChI is InChI=1S/C19H25N/c1-2-14-11-20-5-4-17(14)18(3-1)19-15-7-12-6-13(9-15)10-16(19)8-12/h1-3,12-13,15-16,19-20H,4-11H2. The van der Waals surface area contributed by atoms with E-state index < -0.39 is 0 Å². The molecular weight excluding hydrogens is 242 g/mol. The molecule has 1 aliphatic heterocycles. The van der Waals surface area contributed by atoms with E-state index in [1.165, 1.54) is 13.0 Å². The van der Waals surface area contributed by atoms with Crippen LogP contribution in [0.15, 0.2) is 18.2 Å². The lowest BCUT2D eigenvalue weighted by Crippen LogP contribution is -2.44. The first-order valence-corrected chi connectivity index (χ1v) is 8.70. The van der Waals surface area contributed by atoms with E-state index in [1.54, 1.807) is 48.8 Å². The molecule has 1 aromatic carbocycles. The summed E-state index contributed by atoms with van der Waals surface area (Å²) in [7, 11) is 0. The quantitative estimate of drug-likeness (QED) is 0.814. The molecule has 20 heavy (non-hydrogen) atoms. The van der Waals surface area contributed by atoms with Crippen molar-refractivity contribution in [1.82, 2.24) is 5.32 Å². The second-order valence-electron chi connectivity index (χ2n) is 7.87. The third-order valence-corrected chi connectivity index (χ3v) is 6.76. The van der Waals surface area contributed by atoms with Gasteiger partial charge in [-0.05, 0) is 91.3 Å². The number of benzene rings is 1. The zero-order chi connectivity index (χ0) is 13.1. The highest BCUT2D eigenvalue weighted by Crippen LogP contribution is 2.60. The van der Waals surface area contributed by atoms with Gasteiger partial charge in [0.25, 0.3) is 0 Å². The van der Waals surface area contributed by atoms with Crippen LogP contribution in [0.2, 0.25) is 0 Å². The smallest absolute Gasteiger partial charge is 0.0208 e. The fourth-order valence-corrected chi connectivity index (χ4v) is 6.31. The van der Waals surface area contributed by atoms with Crippen molar-refractivity contribution in [3.63, 3.8) is 0 Å². The number of fused-ring (bicyclic) bond motifs is 1. The maximum absolute atomic E-state index is 3.54. The van der Waals surface area contributed by atoms with Crippen LogP contribution in [-0.2, 0) is 13.0 Å². The maximum atomic E-state index is 3.54. The lowest BCUT2D eigenvalue weighted by Gasteiger charge is -2.55. The summed E-state index contributed by atoms with van der Waals surface area (Å²) in [4.78, 5) is 0. The summed E-state index contributed by atoms with van der Waals surface area (Å²) in [6.07, 6.45) is 8.99. The minimum atomic E-state index is 0.913. The van der Waals surface area contributed by atoms with Crippen LogP contribution in [0.4, 0.5) is 0 Å². The molecule has 4 bridgehead atoms. The highest BCUT2D eigenvalue weighted by Gasteiger charge is 2.49. The van der Waals surface area contributed by atoms with Gasteiger partial charge in [-0.3, -0.25) is 0 Å². The average Bonchev–Trinajstić information content (AvgIpc) is 2.46. The largest absolute Gasteiger partial charge is 0.312 e. The molecule has 4 aliphatic carbocycles. The maximum Gasteiger partial charge on any atom is 0.0208 e. The Morgan fingerprint density at radius 2 is 1.65 bits per heavy atom. The zero-order valence-corrected chi connectivity index (χ0v) is 12.3. The first kappa shape index (κ1) is 11.8. The molecule has 0 radical (unpaired) electrons. The van der Waals surface area contributed by atoms with Gasteiger partial charge in [-0.1, -0.05) is 18.2 Å². The average molecular weight is 267 g/mol. The number of hydrogen-bond donors (Lipinski definition) is 1. The monoisotopic (exact) mass is 267 g/mol. The van der Waals surface area contributed by atoms with Crippen LogP contribution in [0, 0.1) is 23.7 Å². The lowest BCUT2D eigenvalue weighted by atomic mass is 9.50. The molecule has 0 saturated heterocycles. The van der Waals surface area contributed by atoms with E-state index >= 15 is 0 Å². The third kappa shape index (κ3) is 1.65. The number of hydrogen-bond acceptors (Lipinski definition) is 1. The summed E-state index contributed by atoms with van der Waals surface area (Å²) in [5.41, 5.74) is 5.07. The summed E-state index contributed by atoms with van der Waals surface area (Å²) in [5.74, 6) is 5.14. The highest BCUT2D eigenvalue weighted by atomic mass is 14.9. The first-order valence-electron chi connectivity index (χ1n) is 8.70. The van der Waals surface area contributed by atoms with Crippen LogP contribution in [0.1, 0.15) is 54.7 Å². The summed E-state index contributed by atoms with van der Waals surface area (Å²) in [6.45, 7) is 2.27.